The molecule has 0 atom stereocenters. The van der Waals surface area contributed by atoms with Gasteiger partial charge in [-0.05, 0) is 122 Å². The molecular weight excluding hydrogens is 704 g/mol. The second-order valence-electron chi connectivity index (χ2n) is 11.4. The quantitative estimate of drug-likeness (QED) is 0.0483. The molecule has 4 rings (SSSR count). The summed E-state index contributed by atoms with van der Waals surface area (Å²) >= 11 is 0. The van der Waals surface area contributed by atoms with Crippen LogP contribution in [-0.4, -0.2) is 45.9 Å². The fourth-order valence-electron chi connectivity index (χ4n) is 4.85. The minimum atomic E-state index is -3.92. The summed E-state index contributed by atoms with van der Waals surface area (Å²) in [5.41, 5.74) is 3.55. The summed E-state index contributed by atoms with van der Waals surface area (Å²) in [6.07, 6.45) is 3.04. The number of carbonyl (C=O) groups is 4. The van der Waals surface area contributed by atoms with Crippen molar-refractivity contribution in [2.75, 3.05) is 13.6 Å². The molecule has 0 N–H and O–H groups in total. The highest BCUT2D eigenvalue weighted by molar-refractivity contribution is 7.91. The molecule has 0 heterocycles. The summed E-state index contributed by atoms with van der Waals surface area (Å²) in [5.74, 6) is -0.791. The first kappa shape index (κ1) is 39.6. The average molecular weight is 743 g/mol. The van der Waals surface area contributed by atoms with Crippen LogP contribution in [0.3, 0.4) is 0 Å². The van der Waals surface area contributed by atoms with Gasteiger partial charge >= 0.3 is 23.9 Å². The monoisotopic (exact) mass is 742 g/mol. The molecule has 0 saturated heterocycles. The smallest absolute Gasteiger partial charge is 0.333 e. The first-order valence-corrected chi connectivity index (χ1v) is 17.8. The third kappa shape index (κ3) is 11.9. The Hall–Kier alpha value is -6.21. The summed E-state index contributed by atoms with van der Waals surface area (Å²) in [5, 5.41) is 0. The number of esters is 4. The molecule has 0 unspecified atom stereocenters. The van der Waals surface area contributed by atoms with Gasteiger partial charge in [0.25, 0.3) is 0 Å². The molecule has 0 fully saturated rings. The van der Waals surface area contributed by atoms with E-state index in [1.54, 1.807) is 36.4 Å². The fourth-order valence-corrected chi connectivity index (χ4v) is 6.12. The average Bonchev–Trinajstić information content (AvgIpc) is 3.14. The van der Waals surface area contributed by atoms with Crippen LogP contribution in [0.15, 0.2) is 120 Å². The molecule has 276 valence electrons. The number of sulfone groups is 1. The van der Waals surface area contributed by atoms with Crippen LogP contribution in [0.25, 0.3) is 0 Å². The fraction of sp³-hybridized carbons (Fsp3) is 0.200. The zero-order valence-electron chi connectivity index (χ0n) is 29.2. The van der Waals surface area contributed by atoms with Gasteiger partial charge in [-0.25, -0.2) is 18.0 Å². The van der Waals surface area contributed by atoms with Crippen LogP contribution in [-0.2, 0) is 51.3 Å². The van der Waals surface area contributed by atoms with E-state index in [2.05, 4.69) is 13.2 Å². The van der Waals surface area contributed by atoms with Crippen LogP contribution >= 0.6 is 0 Å². The Morgan fingerprint density at radius 1 is 0.566 bits per heavy atom. The third-order valence-corrected chi connectivity index (χ3v) is 9.53. The van der Waals surface area contributed by atoms with Crippen LogP contribution in [0.2, 0.25) is 0 Å². The second-order valence-corrected chi connectivity index (χ2v) is 13.4. The maximum absolute atomic E-state index is 13.3. The number of rotatable bonds is 18. The van der Waals surface area contributed by atoms with E-state index in [1.807, 2.05) is 13.8 Å². The molecule has 0 aliphatic rings. The van der Waals surface area contributed by atoms with E-state index in [-0.39, 0.29) is 47.7 Å². The lowest BCUT2D eigenvalue weighted by molar-refractivity contribution is -0.145. The first-order valence-electron chi connectivity index (χ1n) is 16.3. The molecule has 0 aromatic heterocycles. The molecular formula is C40H38O12S. The van der Waals surface area contributed by atoms with Crippen LogP contribution in [0.5, 0.6) is 23.0 Å². The van der Waals surface area contributed by atoms with Gasteiger partial charge in [-0.1, -0.05) is 25.3 Å². The van der Waals surface area contributed by atoms with Gasteiger partial charge in [-0.2, -0.15) is 0 Å². The lowest BCUT2D eigenvalue weighted by Crippen LogP contribution is -2.10. The zero-order valence-corrected chi connectivity index (χ0v) is 30.0. The van der Waals surface area contributed by atoms with Gasteiger partial charge in [0.2, 0.25) is 23.4 Å². The molecule has 0 aliphatic heterocycles. The Kier molecular flexibility index (Phi) is 14.1. The van der Waals surface area contributed by atoms with E-state index in [4.69, 9.17) is 28.4 Å². The van der Waals surface area contributed by atoms with Crippen LogP contribution in [0.4, 0.5) is 0 Å². The van der Waals surface area contributed by atoms with Gasteiger partial charge in [0.15, 0.2) is 0 Å². The number of ether oxygens (including phenoxy) is 6. The van der Waals surface area contributed by atoms with Crippen LogP contribution < -0.4 is 18.9 Å². The van der Waals surface area contributed by atoms with Crippen molar-refractivity contribution in [2.24, 2.45) is 0 Å². The molecule has 0 saturated carbocycles. The van der Waals surface area contributed by atoms with Crippen LogP contribution in [0, 0.1) is 13.8 Å². The van der Waals surface area contributed by atoms with E-state index >= 15 is 0 Å². The molecule has 13 heteroatoms. The first-order chi connectivity index (χ1) is 25.4. The number of carbonyl (C=O) groups excluding carboxylic acids is 4. The summed E-state index contributed by atoms with van der Waals surface area (Å²) in [6.45, 7) is 9.85. The molecule has 53 heavy (non-hydrogen) atoms. The molecule has 4 aromatic rings. The van der Waals surface area contributed by atoms with Gasteiger partial charge in [0, 0.05) is 25.0 Å². The Balaban J connectivity index is 1.23. The summed E-state index contributed by atoms with van der Waals surface area (Å²) < 4.78 is 57.7. The lowest BCUT2D eigenvalue weighted by Gasteiger charge is -2.11. The highest BCUT2D eigenvalue weighted by Crippen LogP contribution is 2.26. The molecule has 0 amide bonds. The molecule has 0 aliphatic carbocycles. The van der Waals surface area contributed by atoms with Crippen molar-refractivity contribution in [3.05, 3.63) is 132 Å². The largest absolute Gasteiger partial charge is 0.457 e. The van der Waals surface area contributed by atoms with E-state index in [0.29, 0.717) is 24.3 Å². The standard InChI is InChI=1S/C40H38O12S/c1-5-37(41)49-25-47-33-11-7-29(27(3)23-33)9-21-39(43)51-31-13-17-35(18-14-31)53(45,46)36-19-15-32(16-20-36)52-40(44)22-10-30-8-12-34(24-28(30)4)48-26-50-38(42)6-2/h5-8,11-20,23-24H,1-2,9-10,21-22,25-26H2,3-4H3. The van der Waals surface area contributed by atoms with Gasteiger partial charge in [0.1, 0.15) is 23.0 Å². The number of aryl methyl sites for hydroxylation is 4. The molecule has 4 aromatic carbocycles. The van der Waals surface area contributed by atoms with Gasteiger partial charge < -0.3 is 28.4 Å². The predicted octanol–water partition coefficient (Wildman–Crippen LogP) is 6.34. The number of hydrogen-bond donors (Lipinski definition) is 0. The summed E-state index contributed by atoms with van der Waals surface area (Å²) in [6, 6.07) is 21.5. The minimum absolute atomic E-state index is 0.0104. The van der Waals surface area contributed by atoms with E-state index in [1.165, 1.54) is 48.5 Å². The van der Waals surface area contributed by atoms with Gasteiger partial charge in [-0.15, -0.1) is 0 Å². The van der Waals surface area contributed by atoms with Crippen molar-refractivity contribution in [1.82, 2.24) is 0 Å². The number of hydrogen-bond acceptors (Lipinski definition) is 12. The van der Waals surface area contributed by atoms with Crippen molar-refractivity contribution in [3.8, 4) is 23.0 Å². The van der Waals surface area contributed by atoms with E-state index in [9.17, 15) is 27.6 Å². The predicted molar refractivity (Wildman–Crippen MR) is 192 cm³/mol. The maximum atomic E-state index is 13.3. The Labute approximate surface area is 307 Å². The van der Waals surface area contributed by atoms with Crippen molar-refractivity contribution in [3.63, 3.8) is 0 Å². The number of benzene rings is 4. The highest BCUT2D eigenvalue weighted by Gasteiger charge is 2.19. The lowest BCUT2D eigenvalue weighted by atomic mass is 10.0. The molecule has 12 nitrogen and oxygen atoms in total. The van der Waals surface area contributed by atoms with Crippen molar-refractivity contribution in [1.29, 1.82) is 0 Å². The van der Waals surface area contributed by atoms with Gasteiger partial charge in [-0.3, -0.25) is 9.59 Å². The van der Waals surface area contributed by atoms with E-state index in [0.717, 1.165) is 34.4 Å². The summed E-state index contributed by atoms with van der Waals surface area (Å²) in [7, 11) is -3.92. The SMILES string of the molecule is C=CC(=O)OCOc1ccc(CCC(=O)Oc2ccc(S(=O)(=O)c3ccc(OC(=O)CCc4ccc(OCOC(=O)C=C)cc4C)cc3)cc2)c(C)c1. The highest BCUT2D eigenvalue weighted by atomic mass is 32.2. The molecule has 0 radical (unpaired) electrons. The van der Waals surface area contributed by atoms with E-state index < -0.39 is 33.7 Å². The minimum Gasteiger partial charge on any atom is -0.457 e. The molecule has 0 bridgehead atoms. The normalized spacial score (nSPS) is 10.8. The van der Waals surface area contributed by atoms with Crippen molar-refractivity contribution < 1.29 is 56.0 Å². The van der Waals surface area contributed by atoms with Crippen molar-refractivity contribution >= 4 is 33.7 Å². The Bertz CT molecular complexity index is 1920. The topological polar surface area (TPSA) is 158 Å². The zero-order chi connectivity index (χ0) is 38.4. The summed E-state index contributed by atoms with van der Waals surface area (Å²) in [4.78, 5) is 47.3. The Morgan fingerprint density at radius 3 is 1.26 bits per heavy atom. The molecule has 0 spiro atoms. The third-order valence-electron chi connectivity index (χ3n) is 7.74. The van der Waals surface area contributed by atoms with Crippen LogP contribution in [0.1, 0.15) is 35.1 Å². The van der Waals surface area contributed by atoms with Gasteiger partial charge in [0.05, 0.1) is 9.79 Å². The second kappa shape index (κ2) is 18.9. The maximum Gasteiger partial charge on any atom is 0.333 e. The Morgan fingerprint density at radius 2 is 0.925 bits per heavy atom. The van der Waals surface area contributed by atoms with Crippen molar-refractivity contribution in [2.45, 2.75) is 49.3 Å².